The van der Waals surface area contributed by atoms with Gasteiger partial charge in [-0.1, -0.05) is 22.0 Å². The molecule has 3 rings (SSSR count). The van der Waals surface area contributed by atoms with Crippen LogP contribution in [0.15, 0.2) is 40.9 Å². The molecule has 0 bridgehead atoms. The lowest BCUT2D eigenvalue weighted by molar-refractivity contribution is 0.189. The summed E-state index contributed by atoms with van der Waals surface area (Å²) in [6.45, 7) is 2.50. The maximum Gasteiger partial charge on any atom is 0.216 e. The molecule has 122 valence electrons. The fourth-order valence-electron chi connectivity index (χ4n) is 2.77. The highest BCUT2D eigenvalue weighted by Gasteiger charge is 2.25. The number of benzene rings is 1. The number of halogens is 2. The van der Waals surface area contributed by atoms with Crippen LogP contribution in [0, 0.1) is 5.95 Å². The molecule has 1 aromatic carbocycles. The molecule has 0 radical (unpaired) electrons. The summed E-state index contributed by atoms with van der Waals surface area (Å²) in [4.78, 5) is 6.05. The third-order valence-corrected chi connectivity index (χ3v) is 4.34. The second kappa shape index (κ2) is 7.27. The smallest absolute Gasteiger partial charge is 0.216 e. The Bertz CT molecular complexity index is 683. The van der Waals surface area contributed by atoms with Gasteiger partial charge in [0, 0.05) is 35.7 Å². The molecule has 23 heavy (non-hydrogen) atoms. The van der Waals surface area contributed by atoms with E-state index in [0.29, 0.717) is 5.88 Å². The summed E-state index contributed by atoms with van der Waals surface area (Å²) in [6.07, 6.45) is 0.927. The van der Waals surface area contributed by atoms with E-state index in [2.05, 4.69) is 31.9 Å². The van der Waals surface area contributed by atoms with Crippen LogP contribution >= 0.6 is 15.9 Å². The van der Waals surface area contributed by atoms with Crippen LogP contribution in [0.3, 0.4) is 0 Å². The quantitative estimate of drug-likeness (QED) is 0.741. The lowest BCUT2D eigenvalue weighted by atomic mass is 10.2. The number of pyridine rings is 1. The van der Waals surface area contributed by atoms with Crippen molar-refractivity contribution >= 4 is 15.9 Å². The van der Waals surface area contributed by atoms with E-state index in [1.165, 1.54) is 6.07 Å². The lowest BCUT2D eigenvalue weighted by Gasteiger charge is -2.18. The Morgan fingerprint density at radius 3 is 3.00 bits per heavy atom. The normalized spacial score (nSPS) is 18.1. The fraction of sp³-hybridized carbons (Fsp3) is 0.353. The molecular weight excluding hydrogens is 363 g/mol. The van der Waals surface area contributed by atoms with E-state index in [0.717, 1.165) is 41.8 Å². The minimum absolute atomic E-state index is 0.0300. The molecule has 1 aromatic heterocycles. The van der Waals surface area contributed by atoms with Crippen LogP contribution in [0.2, 0.25) is 0 Å². The maximum atomic E-state index is 13.1. The lowest BCUT2D eigenvalue weighted by Crippen LogP contribution is -2.25. The van der Waals surface area contributed by atoms with Crippen molar-refractivity contribution in [1.82, 2.24) is 9.88 Å². The van der Waals surface area contributed by atoms with Crippen LogP contribution in [0.4, 0.5) is 4.39 Å². The Kier molecular flexibility index (Phi) is 5.13. The molecule has 0 spiro atoms. The Hall–Kier alpha value is -1.66. The van der Waals surface area contributed by atoms with E-state index in [1.807, 2.05) is 12.1 Å². The van der Waals surface area contributed by atoms with E-state index < -0.39 is 5.95 Å². The Morgan fingerprint density at radius 2 is 2.22 bits per heavy atom. The van der Waals surface area contributed by atoms with Crippen LogP contribution in [-0.2, 0) is 6.54 Å². The highest BCUT2D eigenvalue weighted by Crippen LogP contribution is 2.26. The number of aromatic nitrogens is 1. The van der Waals surface area contributed by atoms with Crippen molar-refractivity contribution in [2.24, 2.45) is 0 Å². The van der Waals surface area contributed by atoms with Gasteiger partial charge in [-0.25, -0.2) is 0 Å². The van der Waals surface area contributed by atoms with Crippen molar-refractivity contribution in [1.29, 1.82) is 0 Å². The molecule has 0 amide bonds. The zero-order chi connectivity index (χ0) is 16.2. The predicted octanol–water partition coefficient (Wildman–Crippen LogP) is 3.65. The van der Waals surface area contributed by atoms with Gasteiger partial charge < -0.3 is 9.47 Å². The minimum atomic E-state index is -0.517. The van der Waals surface area contributed by atoms with Gasteiger partial charge in [-0.2, -0.15) is 9.37 Å². The number of methoxy groups -OCH3 is 1. The topological polar surface area (TPSA) is 34.6 Å². The van der Waals surface area contributed by atoms with Gasteiger partial charge in [0.05, 0.1) is 7.11 Å². The number of hydrogen-bond donors (Lipinski definition) is 0. The zero-order valence-electron chi connectivity index (χ0n) is 12.8. The molecule has 4 nitrogen and oxygen atoms in total. The Morgan fingerprint density at radius 1 is 1.35 bits per heavy atom. The first kappa shape index (κ1) is 16.2. The van der Waals surface area contributed by atoms with Gasteiger partial charge in [0.1, 0.15) is 11.9 Å². The van der Waals surface area contributed by atoms with Crippen molar-refractivity contribution in [3.63, 3.8) is 0 Å². The highest BCUT2D eigenvalue weighted by molar-refractivity contribution is 9.10. The molecule has 6 heteroatoms. The predicted molar refractivity (Wildman–Crippen MR) is 89.2 cm³/mol. The van der Waals surface area contributed by atoms with E-state index in [9.17, 15) is 4.39 Å². The molecule has 0 N–H and O–H groups in total. The monoisotopic (exact) mass is 380 g/mol. The van der Waals surface area contributed by atoms with E-state index in [-0.39, 0.29) is 6.10 Å². The summed E-state index contributed by atoms with van der Waals surface area (Å²) in [5.41, 5.74) is 1.13. The first-order valence-electron chi connectivity index (χ1n) is 7.48. The minimum Gasteiger partial charge on any atom is -0.496 e. The highest BCUT2D eigenvalue weighted by atomic mass is 79.9. The summed E-state index contributed by atoms with van der Waals surface area (Å²) in [5.74, 6) is 0.706. The molecule has 2 aromatic rings. The van der Waals surface area contributed by atoms with Crippen LogP contribution < -0.4 is 9.47 Å². The maximum absolute atomic E-state index is 13.1. The molecule has 1 fully saturated rings. The number of rotatable bonds is 5. The summed E-state index contributed by atoms with van der Waals surface area (Å²) in [7, 11) is 1.68. The Balaban J connectivity index is 1.61. The van der Waals surface area contributed by atoms with Gasteiger partial charge in [0.25, 0.3) is 0 Å². The van der Waals surface area contributed by atoms with Gasteiger partial charge in [0.15, 0.2) is 0 Å². The second-order valence-corrected chi connectivity index (χ2v) is 6.43. The molecule has 1 saturated heterocycles. The summed E-state index contributed by atoms with van der Waals surface area (Å²) in [6, 6.07) is 10.6. The number of hydrogen-bond acceptors (Lipinski definition) is 4. The number of ether oxygens (including phenoxy) is 2. The first-order valence-corrected chi connectivity index (χ1v) is 8.27. The standard InChI is InChI=1S/C17H18BrFN2O2/c1-22-15-6-5-13(18)9-12(15)10-21-8-7-14(11-21)23-17-4-2-3-16(19)20-17/h2-6,9,14H,7-8,10-11H2,1H3. The van der Waals surface area contributed by atoms with E-state index in [1.54, 1.807) is 19.2 Å². The van der Waals surface area contributed by atoms with E-state index in [4.69, 9.17) is 9.47 Å². The molecule has 1 aliphatic heterocycles. The van der Waals surface area contributed by atoms with Crippen LogP contribution in [-0.4, -0.2) is 36.2 Å². The fourth-order valence-corrected chi connectivity index (χ4v) is 3.18. The van der Waals surface area contributed by atoms with Gasteiger partial charge in [-0.3, -0.25) is 4.90 Å². The van der Waals surface area contributed by atoms with Crippen molar-refractivity contribution in [2.45, 2.75) is 19.1 Å². The van der Waals surface area contributed by atoms with Crippen molar-refractivity contribution in [3.8, 4) is 11.6 Å². The van der Waals surface area contributed by atoms with Gasteiger partial charge in [-0.05, 0) is 30.7 Å². The van der Waals surface area contributed by atoms with Crippen LogP contribution in [0.25, 0.3) is 0 Å². The second-order valence-electron chi connectivity index (χ2n) is 5.52. The van der Waals surface area contributed by atoms with E-state index >= 15 is 0 Å². The van der Waals surface area contributed by atoms with Crippen LogP contribution in [0.1, 0.15) is 12.0 Å². The van der Waals surface area contributed by atoms with Gasteiger partial charge in [0.2, 0.25) is 11.8 Å². The molecule has 0 saturated carbocycles. The van der Waals surface area contributed by atoms with Gasteiger partial charge >= 0.3 is 0 Å². The summed E-state index contributed by atoms with van der Waals surface area (Å²) in [5, 5.41) is 0. The first-order chi connectivity index (χ1) is 11.1. The number of likely N-dealkylation sites (tertiary alicyclic amines) is 1. The zero-order valence-corrected chi connectivity index (χ0v) is 14.4. The molecule has 0 aliphatic carbocycles. The molecule has 1 atom stereocenters. The van der Waals surface area contributed by atoms with Crippen LogP contribution in [0.5, 0.6) is 11.6 Å². The average Bonchev–Trinajstić information content (AvgIpc) is 2.94. The summed E-state index contributed by atoms with van der Waals surface area (Å²) >= 11 is 3.50. The average molecular weight is 381 g/mol. The molecule has 1 unspecified atom stereocenters. The SMILES string of the molecule is COc1ccc(Br)cc1CN1CCC(Oc2cccc(F)n2)C1. The molecule has 2 heterocycles. The third kappa shape index (κ3) is 4.20. The number of nitrogens with zero attached hydrogens (tertiary/aromatic N) is 2. The summed E-state index contributed by atoms with van der Waals surface area (Å²) < 4.78 is 25.3. The van der Waals surface area contributed by atoms with Crippen molar-refractivity contribution in [2.75, 3.05) is 20.2 Å². The van der Waals surface area contributed by atoms with Crippen molar-refractivity contribution in [3.05, 3.63) is 52.4 Å². The Labute approximate surface area is 143 Å². The molecule has 1 aliphatic rings. The van der Waals surface area contributed by atoms with Crippen molar-refractivity contribution < 1.29 is 13.9 Å². The largest absolute Gasteiger partial charge is 0.496 e. The molecular formula is C17H18BrFN2O2. The van der Waals surface area contributed by atoms with Gasteiger partial charge in [-0.15, -0.1) is 0 Å². The third-order valence-electron chi connectivity index (χ3n) is 3.84.